The van der Waals surface area contributed by atoms with E-state index in [-0.39, 0.29) is 30.5 Å². The quantitative estimate of drug-likeness (QED) is 0.332. The van der Waals surface area contributed by atoms with E-state index in [1.807, 2.05) is 45.0 Å². The zero-order valence-electron chi connectivity index (χ0n) is 18.5. The molecular weight excluding hydrogens is 394 g/mol. The minimum absolute atomic E-state index is 0.0911. The first-order valence-electron chi connectivity index (χ1n) is 10.7. The summed E-state index contributed by atoms with van der Waals surface area (Å²) < 4.78 is 0. The van der Waals surface area contributed by atoms with E-state index in [0.717, 1.165) is 24.0 Å². The molecule has 2 aromatic carbocycles. The van der Waals surface area contributed by atoms with E-state index in [1.54, 1.807) is 23.1 Å². The molecule has 0 radical (unpaired) electrons. The largest absolute Gasteiger partial charge is 0.354 e. The van der Waals surface area contributed by atoms with Crippen molar-refractivity contribution in [2.75, 3.05) is 6.54 Å². The van der Waals surface area contributed by atoms with Gasteiger partial charge in [-0.1, -0.05) is 68.3 Å². The molecule has 166 valence electrons. The fourth-order valence-corrected chi connectivity index (χ4v) is 3.42. The summed E-state index contributed by atoms with van der Waals surface area (Å²) in [6.07, 6.45) is 2.14. The number of rotatable bonds is 11. The molecule has 7 nitrogen and oxygen atoms in total. The minimum Gasteiger partial charge on any atom is -0.354 e. The maximum Gasteiger partial charge on any atom is 0.273 e. The molecule has 2 rings (SSSR count). The number of carbonyl (C=O) groups is 2. The summed E-state index contributed by atoms with van der Waals surface area (Å²) in [5.74, 6) is -0.508. The van der Waals surface area contributed by atoms with Gasteiger partial charge in [0, 0.05) is 24.7 Å². The number of amides is 2. The molecule has 7 heteroatoms. The van der Waals surface area contributed by atoms with Gasteiger partial charge in [0.1, 0.15) is 6.04 Å². The van der Waals surface area contributed by atoms with Gasteiger partial charge in [0.05, 0.1) is 11.3 Å². The van der Waals surface area contributed by atoms with Gasteiger partial charge in [-0.2, -0.15) is 0 Å². The molecule has 1 atom stereocenters. The van der Waals surface area contributed by atoms with Crippen LogP contribution in [0.2, 0.25) is 0 Å². The van der Waals surface area contributed by atoms with Gasteiger partial charge in [0.2, 0.25) is 11.8 Å². The lowest BCUT2D eigenvalue weighted by Crippen LogP contribution is -2.49. The van der Waals surface area contributed by atoms with Gasteiger partial charge < -0.3 is 10.2 Å². The maximum absolute atomic E-state index is 13.3. The van der Waals surface area contributed by atoms with E-state index >= 15 is 0 Å². The van der Waals surface area contributed by atoms with Crippen LogP contribution < -0.4 is 5.32 Å². The molecule has 2 aromatic rings. The number of nitro benzene ring substituents is 1. The lowest BCUT2D eigenvalue weighted by Gasteiger charge is -2.31. The predicted molar refractivity (Wildman–Crippen MR) is 121 cm³/mol. The molecule has 0 saturated heterocycles. The van der Waals surface area contributed by atoms with E-state index in [9.17, 15) is 19.7 Å². The van der Waals surface area contributed by atoms with Crippen LogP contribution in [-0.4, -0.2) is 34.2 Å². The number of nitrogens with zero attached hydrogens (tertiary/aromatic N) is 2. The highest BCUT2D eigenvalue weighted by atomic mass is 16.6. The average molecular weight is 426 g/mol. The molecular formula is C24H31N3O4. The molecule has 0 aliphatic heterocycles. The Morgan fingerprint density at radius 3 is 2.39 bits per heavy atom. The fourth-order valence-electron chi connectivity index (χ4n) is 3.42. The van der Waals surface area contributed by atoms with Crippen LogP contribution in [0.3, 0.4) is 0 Å². The maximum atomic E-state index is 13.3. The number of nitro groups is 1. The zero-order chi connectivity index (χ0) is 22.8. The first-order valence-corrected chi connectivity index (χ1v) is 10.7. The van der Waals surface area contributed by atoms with Crippen LogP contribution >= 0.6 is 0 Å². The number of unbranched alkanes of at least 4 members (excludes halogenated alkanes) is 1. The van der Waals surface area contributed by atoms with Gasteiger partial charge in [-0.25, -0.2) is 0 Å². The van der Waals surface area contributed by atoms with Crippen molar-refractivity contribution in [1.82, 2.24) is 10.2 Å². The topological polar surface area (TPSA) is 92.6 Å². The Kier molecular flexibility index (Phi) is 9.18. The highest BCUT2D eigenvalue weighted by molar-refractivity contribution is 5.88. The van der Waals surface area contributed by atoms with Crippen molar-refractivity contribution in [1.29, 1.82) is 0 Å². The van der Waals surface area contributed by atoms with Gasteiger partial charge in [-0.05, 0) is 25.3 Å². The summed E-state index contributed by atoms with van der Waals surface area (Å²) in [6, 6.07) is 13.4. The second-order valence-corrected chi connectivity index (χ2v) is 7.64. The number of aryl methyl sites for hydroxylation is 1. The Hall–Kier alpha value is -3.22. The summed E-state index contributed by atoms with van der Waals surface area (Å²) >= 11 is 0. The van der Waals surface area contributed by atoms with Crippen molar-refractivity contribution in [2.24, 2.45) is 0 Å². The van der Waals surface area contributed by atoms with E-state index in [0.29, 0.717) is 18.5 Å². The number of carbonyl (C=O) groups excluding carboxylic acids is 2. The van der Waals surface area contributed by atoms with Crippen LogP contribution in [0.1, 0.15) is 49.8 Å². The van der Waals surface area contributed by atoms with Crippen LogP contribution in [0.4, 0.5) is 5.69 Å². The standard InChI is InChI=1S/C24H31N3O4/c1-4-6-15-25-24(29)21(5-2)26(17-19-13-11-18(3)12-14-19)23(28)16-20-9-7-8-10-22(20)27(30)31/h7-14,21H,4-6,15-17H2,1-3H3,(H,25,29)/t21-/m0/s1. The molecule has 0 heterocycles. The smallest absolute Gasteiger partial charge is 0.273 e. The first kappa shape index (κ1) is 24.1. The summed E-state index contributed by atoms with van der Waals surface area (Å²) in [5, 5.41) is 14.3. The lowest BCUT2D eigenvalue weighted by molar-refractivity contribution is -0.385. The van der Waals surface area contributed by atoms with Crippen LogP contribution in [0.15, 0.2) is 48.5 Å². The first-order chi connectivity index (χ1) is 14.9. The molecule has 0 fully saturated rings. The molecule has 0 aromatic heterocycles. The number of hydrogen-bond acceptors (Lipinski definition) is 4. The Labute approximate surface area is 183 Å². The van der Waals surface area contributed by atoms with E-state index < -0.39 is 11.0 Å². The van der Waals surface area contributed by atoms with Crippen LogP contribution in [0, 0.1) is 17.0 Å². The predicted octanol–water partition coefficient (Wildman–Crippen LogP) is 4.17. The lowest BCUT2D eigenvalue weighted by atomic mass is 10.0. The number of para-hydroxylation sites is 1. The molecule has 1 N–H and O–H groups in total. The molecule has 2 amide bonds. The van der Waals surface area contributed by atoms with Crippen LogP contribution in [0.5, 0.6) is 0 Å². The van der Waals surface area contributed by atoms with Crippen molar-refractivity contribution in [2.45, 2.75) is 59.0 Å². The number of hydrogen-bond donors (Lipinski definition) is 1. The Morgan fingerprint density at radius 1 is 1.10 bits per heavy atom. The third kappa shape index (κ3) is 6.91. The van der Waals surface area contributed by atoms with Gasteiger partial charge in [0.15, 0.2) is 0 Å². The molecule has 31 heavy (non-hydrogen) atoms. The van der Waals surface area contributed by atoms with Gasteiger partial charge in [-0.3, -0.25) is 19.7 Å². The van der Waals surface area contributed by atoms with E-state index in [2.05, 4.69) is 5.32 Å². The zero-order valence-corrected chi connectivity index (χ0v) is 18.5. The minimum atomic E-state index is -0.645. The van der Waals surface area contributed by atoms with Crippen molar-refractivity contribution in [3.05, 3.63) is 75.3 Å². The van der Waals surface area contributed by atoms with Gasteiger partial charge in [0.25, 0.3) is 5.69 Å². The third-order valence-corrected chi connectivity index (χ3v) is 5.22. The molecule has 0 bridgehead atoms. The van der Waals surface area contributed by atoms with E-state index in [1.165, 1.54) is 6.07 Å². The Morgan fingerprint density at radius 2 is 1.77 bits per heavy atom. The van der Waals surface area contributed by atoms with Crippen LogP contribution in [0.25, 0.3) is 0 Å². The molecule has 0 spiro atoms. The molecule has 0 saturated carbocycles. The normalized spacial score (nSPS) is 11.6. The molecule has 0 aliphatic rings. The van der Waals surface area contributed by atoms with Crippen molar-refractivity contribution < 1.29 is 14.5 Å². The summed E-state index contributed by atoms with van der Waals surface area (Å²) in [7, 11) is 0. The average Bonchev–Trinajstić information content (AvgIpc) is 2.75. The number of benzene rings is 2. The second kappa shape index (κ2) is 11.8. The summed E-state index contributed by atoms with van der Waals surface area (Å²) in [4.78, 5) is 38.6. The number of nitrogens with one attached hydrogen (secondary N) is 1. The highest BCUT2D eigenvalue weighted by Gasteiger charge is 2.29. The molecule has 0 aliphatic carbocycles. The Balaban J connectivity index is 2.31. The second-order valence-electron chi connectivity index (χ2n) is 7.64. The van der Waals surface area contributed by atoms with Crippen molar-refractivity contribution >= 4 is 17.5 Å². The molecule has 0 unspecified atom stereocenters. The monoisotopic (exact) mass is 425 g/mol. The summed E-state index contributed by atoms with van der Waals surface area (Å²) in [5.41, 5.74) is 2.26. The van der Waals surface area contributed by atoms with Crippen LogP contribution in [-0.2, 0) is 22.6 Å². The SMILES string of the molecule is CCCCNC(=O)[C@H](CC)N(Cc1ccc(C)cc1)C(=O)Cc1ccccc1[N+](=O)[O-]. The Bertz CT molecular complexity index is 896. The highest BCUT2D eigenvalue weighted by Crippen LogP contribution is 2.21. The van der Waals surface area contributed by atoms with E-state index in [4.69, 9.17) is 0 Å². The third-order valence-electron chi connectivity index (χ3n) is 5.22. The van der Waals surface area contributed by atoms with Gasteiger partial charge in [-0.15, -0.1) is 0 Å². The van der Waals surface area contributed by atoms with Gasteiger partial charge >= 0.3 is 0 Å². The fraction of sp³-hybridized carbons (Fsp3) is 0.417. The summed E-state index contributed by atoms with van der Waals surface area (Å²) in [6.45, 7) is 6.72. The van der Waals surface area contributed by atoms with Crippen molar-refractivity contribution in [3.8, 4) is 0 Å². The van der Waals surface area contributed by atoms with Crippen molar-refractivity contribution in [3.63, 3.8) is 0 Å².